The Morgan fingerprint density at radius 1 is 1.00 bits per heavy atom. The van der Waals surface area contributed by atoms with E-state index in [9.17, 15) is 9.59 Å². The first-order valence-electron chi connectivity index (χ1n) is 12.1. The van der Waals surface area contributed by atoms with Crippen LogP contribution in [0.5, 0.6) is 5.75 Å². The Bertz CT molecular complexity index is 985. The summed E-state index contributed by atoms with van der Waals surface area (Å²) in [5, 5.41) is 6.00. The topological polar surface area (TPSA) is 83.1 Å². The minimum Gasteiger partial charge on any atom is -0.497 e. The first-order valence-corrected chi connectivity index (χ1v) is 12.1. The molecule has 4 rings (SSSR count). The number of nitrogens with one attached hydrogen (secondary N) is 2. The molecule has 0 spiro atoms. The number of benzene rings is 2. The van der Waals surface area contributed by atoms with E-state index in [0.29, 0.717) is 29.1 Å². The second kappa shape index (κ2) is 11.9. The second-order valence-electron chi connectivity index (χ2n) is 8.68. The molecule has 8 nitrogen and oxygen atoms in total. The van der Waals surface area contributed by atoms with E-state index in [2.05, 4.69) is 20.4 Å². The molecule has 0 bridgehead atoms. The maximum Gasteiger partial charge on any atom is 0.255 e. The van der Waals surface area contributed by atoms with Crippen molar-refractivity contribution in [1.29, 1.82) is 0 Å². The smallest absolute Gasteiger partial charge is 0.255 e. The number of methoxy groups -OCH3 is 1. The molecule has 0 radical (unpaired) electrons. The highest BCUT2D eigenvalue weighted by Gasteiger charge is 2.21. The molecule has 0 aromatic heterocycles. The zero-order valence-corrected chi connectivity index (χ0v) is 19.8. The van der Waals surface area contributed by atoms with E-state index in [-0.39, 0.29) is 11.8 Å². The first-order chi connectivity index (χ1) is 16.6. The number of anilines is 2. The fourth-order valence-corrected chi connectivity index (χ4v) is 4.42. The lowest BCUT2D eigenvalue weighted by Gasteiger charge is -2.26. The van der Waals surface area contributed by atoms with E-state index in [0.717, 1.165) is 70.9 Å². The number of amides is 2. The van der Waals surface area contributed by atoms with Gasteiger partial charge in [0.05, 0.1) is 25.9 Å². The molecule has 2 aliphatic heterocycles. The van der Waals surface area contributed by atoms with Gasteiger partial charge in [-0.2, -0.15) is 0 Å². The molecular formula is C26H34N4O4. The quantitative estimate of drug-likeness (QED) is 0.553. The Balaban J connectivity index is 1.43. The third kappa shape index (κ3) is 6.27. The van der Waals surface area contributed by atoms with Crippen molar-refractivity contribution in [3.05, 3.63) is 53.6 Å². The second-order valence-corrected chi connectivity index (χ2v) is 8.68. The Hall–Kier alpha value is -3.10. The summed E-state index contributed by atoms with van der Waals surface area (Å²) >= 11 is 0. The molecule has 2 aliphatic rings. The van der Waals surface area contributed by atoms with Crippen LogP contribution in [0.1, 0.15) is 40.0 Å². The van der Waals surface area contributed by atoms with Gasteiger partial charge in [0.25, 0.3) is 11.8 Å². The third-order valence-electron chi connectivity index (χ3n) is 6.32. The van der Waals surface area contributed by atoms with Crippen molar-refractivity contribution in [1.82, 2.24) is 10.2 Å². The molecule has 2 fully saturated rings. The van der Waals surface area contributed by atoms with Crippen molar-refractivity contribution in [3.63, 3.8) is 0 Å². The number of carbonyl (C=O) groups excluding carboxylic acids is 2. The molecule has 8 heteroatoms. The molecule has 2 amide bonds. The molecule has 2 saturated heterocycles. The molecule has 182 valence electrons. The van der Waals surface area contributed by atoms with Crippen LogP contribution in [0.2, 0.25) is 0 Å². The maximum atomic E-state index is 13.2. The van der Waals surface area contributed by atoms with Crippen LogP contribution in [0.25, 0.3) is 0 Å². The molecule has 0 saturated carbocycles. The van der Waals surface area contributed by atoms with Crippen molar-refractivity contribution in [2.45, 2.75) is 19.3 Å². The summed E-state index contributed by atoms with van der Waals surface area (Å²) in [5.74, 6) is 0.264. The zero-order valence-electron chi connectivity index (χ0n) is 19.8. The number of carbonyl (C=O) groups is 2. The van der Waals surface area contributed by atoms with Crippen LogP contribution in [-0.2, 0) is 4.74 Å². The number of hydrogen-bond donors (Lipinski definition) is 2. The van der Waals surface area contributed by atoms with Crippen LogP contribution >= 0.6 is 0 Å². The number of ether oxygens (including phenoxy) is 2. The molecule has 2 heterocycles. The molecule has 0 aliphatic carbocycles. The Morgan fingerprint density at radius 2 is 1.79 bits per heavy atom. The third-order valence-corrected chi connectivity index (χ3v) is 6.32. The van der Waals surface area contributed by atoms with Gasteiger partial charge in [-0.3, -0.25) is 14.5 Å². The number of hydrogen-bond acceptors (Lipinski definition) is 6. The maximum absolute atomic E-state index is 13.2. The molecule has 0 unspecified atom stereocenters. The van der Waals surface area contributed by atoms with Gasteiger partial charge in [0.15, 0.2) is 0 Å². The van der Waals surface area contributed by atoms with Gasteiger partial charge in [0.2, 0.25) is 0 Å². The summed E-state index contributed by atoms with van der Waals surface area (Å²) in [4.78, 5) is 30.5. The largest absolute Gasteiger partial charge is 0.497 e. The zero-order chi connectivity index (χ0) is 23.8. The van der Waals surface area contributed by atoms with Crippen LogP contribution in [0, 0.1) is 0 Å². The minimum absolute atomic E-state index is 0.110. The van der Waals surface area contributed by atoms with E-state index in [1.54, 1.807) is 37.4 Å². The van der Waals surface area contributed by atoms with Gasteiger partial charge >= 0.3 is 0 Å². The lowest BCUT2D eigenvalue weighted by Crippen LogP contribution is -2.38. The summed E-state index contributed by atoms with van der Waals surface area (Å²) < 4.78 is 10.6. The average Bonchev–Trinajstić information content (AvgIpc) is 3.42. The monoisotopic (exact) mass is 466 g/mol. The highest BCUT2D eigenvalue weighted by molar-refractivity contribution is 6.06. The van der Waals surface area contributed by atoms with Gasteiger partial charge in [0.1, 0.15) is 5.75 Å². The lowest BCUT2D eigenvalue weighted by molar-refractivity contribution is 0.0374. The molecule has 2 N–H and O–H groups in total. The van der Waals surface area contributed by atoms with E-state index >= 15 is 0 Å². The van der Waals surface area contributed by atoms with Crippen molar-refractivity contribution in [2.75, 3.05) is 69.8 Å². The predicted molar refractivity (Wildman–Crippen MR) is 133 cm³/mol. The van der Waals surface area contributed by atoms with Gasteiger partial charge in [-0.25, -0.2) is 0 Å². The average molecular weight is 467 g/mol. The van der Waals surface area contributed by atoms with E-state index in [1.807, 2.05) is 12.1 Å². The minimum atomic E-state index is -0.246. The molecule has 2 aromatic carbocycles. The first kappa shape index (κ1) is 24.0. The summed E-state index contributed by atoms with van der Waals surface area (Å²) in [6, 6.07) is 12.6. The highest BCUT2D eigenvalue weighted by atomic mass is 16.5. The van der Waals surface area contributed by atoms with Crippen LogP contribution in [-0.4, -0.2) is 76.3 Å². The molecule has 2 aromatic rings. The SMILES string of the molecule is COc1cccc(C(=O)Nc2ccc(N3CCCC3)c(C(=O)NCCCN3CCOCC3)c2)c1. The van der Waals surface area contributed by atoms with Crippen LogP contribution in [0.15, 0.2) is 42.5 Å². The molecular weight excluding hydrogens is 432 g/mol. The van der Waals surface area contributed by atoms with E-state index < -0.39 is 0 Å². The number of morpholine rings is 1. The van der Waals surface area contributed by atoms with E-state index in [1.165, 1.54) is 0 Å². The van der Waals surface area contributed by atoms with Crippen molar-refractivity contribution >= 4 is 23.2 Å². The number of nitrogens with zero attached hydrogens (tertiary/aromatic N) is 2. The fourth-order valence-electron chi connectivity index (χ4n) is 4.42. The van der Waals surface area contributed by atoms with Crippen LogP contribution < -0.4 is 20.3 Å². The summed E-state index contributed by atoms with van der Waals surface area (Å²) in [6.45, 7) is 6.87. The Labute approximate surface area is 201 Å². The number of rotatable bonds is 9. The summed E-state index contributed by atoms with van der Waals surface area (Å²) in [7, 11) is 1.57. The van der Waals surface area contributed by atoms with Crippen LogP contribution in [0.4, 0.5) is 11.4 Å². The molecule has 34 heavy (non-hydrogen) atoms. The normalized spacial score (nSPS) is 16.3. The van der Waals surface area contributed by atoms with Crippen LogP contribution in [0.3, 0.4) is 0 Å². The lowest BCUT2D eigenvalue weighted by atomic mass is 10.1. The van der Waals surface area contributed by atoms with Gasteiger partial charge in [-0.1, -0.05) is 6.07 Å². The van der Waals surface area contributed by atoms with Crippen molar-refractivity contribution in [3.8, 4) is 5.75 Å². The standard InChI is InChI=1S/C26H34N4O4/c1-33-22-7-4-6-20(18-22)25(31)28-21-8-9-24(30-12-2-3-13-30)23(19-21)26(32)27-10-5-11-29-14-16-34-17-15-29/h4,6-9,18-19H,2-3,5,10-17H2,1H3,(H,27,32)(H,28,31). The van der Waals surface area contributed by atoms with Gasteiger partial charge in [-0.15, -0.1) is 0 Å². The summed E-state index contributed by atoms with van der Waals surface area (Å²) in [5.41, 5.74) is 2.60. The van der Waals surface area contributed by atoms with Gasteiger partial charge in [0, 0.05) is 49.7 Å². The molecule has 0 atom stereocenters. The highest BCUT2D eigenvalue weighted by Crippen LogP contribution is 2.28. The fraction of sp³-hybridized carbons (Fsp3) is 0.462. The van der Waals surface area contributed by atoms with Crippen molar-refractivity contribution in [2.24, 2.45) is 0 Å². The Morgan fingerprint density at radius 3 is 2.56 bits per heavy atom. The van der Waals surface area contributed by atoms with E-state index in [4.69, 9.17) is 9.47 Å². The van der Waals surface area contributed by atoms with Gasteiger partial charge < -0.3 is 25.0 Å². The Kier molecular flexibility index (Phi) is 8.38. The van der Waals surface area contributed by atoms with Crippen molar-refractivity contribution < 1.29 is 19.1 Å². The van der Waals surface area contributed by atoms with Gasteiger partial charge in [-0.05, 0) is 62.2 Å². The predicted octanol–water partition coefficient (Wildman–Crippen LogP) is 3.00. The summed E-state index contributed by atoms with van der Waals surface area (Å²) in [6.07, 6.45) is 3.13.